The van der Waals surface area contributed by atoms with Gasteiger partial charge in [-0.1, -0.05) is 11.6 Å². The number of hydrogen-bond donors (Lipinski definition) is 1. The summed E-state index contributed by atoms with van der Waals surface area (Å²) in [5, 5.41) is 3.84. The molecule has 2 heterocycles. The molecule has 94 valence electrons. The quantitative estimate of drug-likeness (QED) is 0.818. The third kappa shape index (κ3) is 4.22. The Labute approximate surface area is 107 Å². The van der Waals surface area contributed by atoms with Crippen molar-refractivity contribution in [2.24, 2.45) is 5.92 Å². The fourth-order valence-corrected chi connectivity index (χ4v) is 2.20. The Balaban J connectivity index is 1.64. The van der Waals surface area contributed by atoms with Gasteiger partial charge in [-0.15, -0.1) is 0 Å². The van der Waals surface area contributed by atoms with Crippen LogP contribution in [-0.4, -0.2) is 29.7 Å². The van der Waals surface area contributed by atoms with Crippen LogP contribution in [0.25, 0.3) is 0 Å². The van der Waals surface area contributed by atoms with Crippen molar-refractivity contribution in [2.75, 3.05) is 19.7 Å². The SMILES string of the molecule is Clc1nccnc1COCC[C@@H]1CCCNC1. The molecule has 1 fully saturated rings. The van der Waals surface area contributed by atoms with Crippen LogP contribution in [0.3, 0.4) is 0 Å². The van der Waals surface area contributed by atoms with Gasteiger partial charge in [0.1, 0.15) is 5.69 Å². The van der Waals surface area contributed by atoms with E-state index in [2.05, 4.69) is 15.3 Å². The number of hydrogen-bond acceptors (Lipinski definition) is 4. The maximum Gasteiger partial charge on any atom is 0.152 e. The van der Waals surface area contributed by atoms with Gasteiger partial charge in [0.05, 0.1) is 6.61 Å². The fraction of sp³-hybridized carbons (Fsp3) is 0.667. The average Bonchev–Trinajstić information content (AvgIpc) is 2.38. The first kappa shape index (κ1) is 12.7. The molecule has 0 aromatic carbocycles. The Hall–Kier alpha value is -0.710. The summed E-state index contributed by atoms with van der Waals surface area (Å²) in [6, 6.07) is 0. The van der Waals surface area contributed by atoms with E-state index < -0.39 is 0 Å². The van der Waals surface area contributed by atoms with Crippen molar-refractivity contribution in [3.8, 4) is 0 Å². The molecule has 1 atom stereocenters. The van der Waals surface area contributed by atoms with Gasteiger partial charge in [0.15, 0.2) is 5.15 Å². The van der Waals surface area contributed by atoms with Crippen molar-refractivity contribution in [3.05, 3.63) is 23.2 Å². The Morgan fingerprint density at radius 3 is 3.06 bits per heavy atom. The molecule has 0 bridgehead atoms. The molecule has 5 heteroatoms. The fourth-order valence-electron chi connectivity index (χ4n) is 2.04. The molecule has 1 aromatic heterocycles. The number of nitrogens with zero attached hydrogens (tertiary/aromatic N) is 2. The highest BCUT2D eigenvalue weighted by molar-refractivity contribution is 6.29. The lowest BCUT2D eigenvalue weighted by Crippen LogP contribution is -2.30. The second kappa shape index (κ2) is 6.89. The minimum absolute atomic E-state index is 0.437. The normalized spacial score (nSPS) is 20.4. The maximum atomic E-state index is 5.89. The Morgan fingerprint density at radius 2 is 2.29 bits per heavy atom. The molecular formula is C12H18ClN3O. The monoisotopic (exact) mass is 255 g/mol. The highest BCUT2D eigenvalue weighted by Crippen LogP contribution is 2.15. The number of rotatable bonds is 5. The number of aromatic nitrogens is 2. The topological polar surface area (TPSA) is 47.0 Å². The number of nitrogens with one attached hydrogen (secondary N) is 1. The number of piperidine rings is 1. The van der Waals surface area contributed by atoms with Crippen LogP contribution < -0.4 is 5.32 Å². The predicted octanol–water partition coefficient (Wildman–Crippen LogP) is 2.04. The zero-order chi connectivity index (χ0) is 11.9. The molecular weight excluding hydrogens is 238 g/mol. The molecule has 4 nitrogen and oxygen atoms in total. The van der Waals surface area contributed by atoms with Crippen LogP contribution in [0, 0.1) is 5.92 Å². The second-order valence-electron chi connectivity index (χ2n) is 4.35. The van der Waals surface area contributed by atoms with Crippen molar-refractivity contribution in [1.29, 1.82) is 0 Å². The summed E-state index contributed by atoms with van der Waals surface area (Å²) in [4.78, 5) is 8.09. The van der Waals surface area contributed by atoms with Gasteiger partial charge in [-0.05, 0) is 38.3 Å². The molecule has 1 aliphatic rings. The van der Waals surface area contributed by atoms with Crippen LogP contribution >= 0.6 is 11.6 Å². The van der Waals surface area contributed by atoms with Crippen LogP contribution in [0.4, 0.5) is 0 Å². The standard InChI is InChI=1S/C12H18ClN3O/c13-12-11(15-5-6-16-12)9-17-7-3-10-2-1-4-14-8-10/h5-6,10,14H,1-4,7-9H2/t10-/m0/s1. The second-order valence-corrected chi connectivity index (χ2v) is 4.71. The van der Waals surface area contributed by atoms with E-state index in [0.717, 1.165) is 37.7 Å². The summed E-state index contributed by atoms with van der Waals surface area (Å²) in [7, 11) is 0. The molecule has 0 radical (unpaired) electrons. The summed E-state index contributed by atoms with van der Waals surface area (Å²) in [5.74, 6) is 0.751. The van der Waals surface area contributed by atoms with Crippen LogP contribution in [0.5, 0.6) is 0 Å². The molecule has 1 aliphatic heterocycles. The van der Waals surface area contributed by atoms with Gasteiger partial charge >= 0.3 is 0 Å². The van der Waals surface area contributed by atoms with Gasteiger partial charge in [-0.25, -0.2) is 4.98 Å². The van der Waals surface area contributed by atoms with Gasteiger partial charge in [0.25, 0.3) is 0 Å². The Bertz CT molecular complexity index is 342. The highest BCUT2D eigenvalue weighted by atomic mass is 35.5. The molecule has 0 spiro atoms. The minimum Gasteiger partial charge on any atom is -0.375 e. The maximum absolute atomic E-state index is 5.89. The lowest BCUT2D eigenvalue weighted by atomic mass is 9.97. The molecule has 0 unspecified atom stereocenters. The van der Waals surface area contributed by atoms with Crippen LogP contribution in [0.2, 0.25) is 5.15 Å². The van der Waals surface area contributed by atoms with E-state index in [1.807, 2.05) is 0 Å². The van der Waals surface area contributed by atoms with Gasteiger partial charge in [0.2, 0.25) is 0 Å². The highest BCUT2D eigenvalue weighted by Gasteiger charge is 2.12. The number of ether oxygens (including phenoxy) is 1. The van der Waals surface area contributed by atoms with Crippen molar-refractivity contribution in [1.82, 2.24) is 15.3 Å². The van der Waals surface area contributed by atoms with E-state index >= 15 is 0 Å². The van der Waals surface area contributed by atoms with Crippen LogP contribution in [0.15, 0.2) is 12.4 Å². The first-order valence-electron chi connectivity index (χ1n) is 6.10. The first-order valence-corrected chi connectivity index (χ1v) is 6.48. The molecule has 0 aliphatic carbocycles. The Kier molecular flexibility index (Phi) is 5.16. The molecule has 0 amide bonds. The van der Waals surface area contributed by atoms with Crippen LogP contribution in [0.1, 0.15) is 25.0 Å². The summed E-state index contributed by atoms with van der Waals surface area (Å²) < 4.78 is 5.59. The molecule has 2 rings (SSSR count). The zero-order valence-corrected chi connectivity index (χ0v) is 10.6. The third-order valence-electron chi connectivity index (χ3n) is 3.03. The molecule has 17 heavy (non-hydrogen) atoms. The Morgan fingerprint density at radius 1 is 1.41 bits per heavy atom. The lowest BCUT2D eigenvalue weighted by Gasteiger charge is -2.22. The summed E-state index contributed by atoms with van der Waals surface area (Å²) >= 11 is 5.89. The van der Waals surface area contributed by atoms with Gasteiger partial charge in [0, 0.05) is 19.0 Å². The summed E-state index contributed by atoms with van der Waals surface area (Å²) in [6.07, 6.45) is 6.91. The minimum atomic E-state index is 0.437. The van der Waals surface area contributed by atoms with E-state index in [1.54, 1.807) is 12.4 Å². The largest absolute Gasteiger partial charge is 0.375 e. The van der Waals surface area contributed by atoms with E-state index in [0.29, 0.717) is 11.8 Å². The smallest absolute Gasteiger partial charge is 0.152 e. The molecule has 1 saturated heterocycles. The van der Waals surface area contributed by atoms with Gasteiger partial charge in [-0.2, -0.15) is 0 Å². The average molecular weight is 256 g/mol. The van der Waals surface area contributed by atoms with E-state index in [4.69, 9.17) is 16.3 Å². The summed E-state index contributed by atoms with van der Waals surface area (Å²) in [5.41, 5.74) is 0.718. The molecule has 1 N–H and O–H groups in total. The number of halogens is 1. The van der Waals surface area contributed by atoms with E-state index in [9.17, 15) is 0 Å². The van der Waals surface area contributed by atoms with Gasteiger partial charge < -0.3 is 10.1 Å². The zero-order valence-electron chi connectivity index (χ0n) is 9.86. The van der Waals surface area contributed by atoms with Crippen molar-refractivity contribution >= 4 is 11.6 Å². The third-order valence-corrected chi connectivity index (χ3v) is 3.35. The first-order chi connectivity index (χ1) is 8.36. The van der Waals surface area contributed by atoms with Crippen LogP contribution in [-0.2, 0) is 11.3 Å². The summed E-state index contributed by atoms with van der Waals surface area (Å²) in [6.45, 7) is 3.49. The molecule has 0 saturated carbocycles. The van der Waals surface area contributed by atoms with Crippen molar-refractivity contribution < 1.29 is 4.74 Å². The predicted molar refractivity (Wildman–Crippen MR) is 66.9 cm³/mol. The van der Waals surface area contributed by atoms with Gasteiger partial charge in [-0.3, -0.25) is 4.98 Å². The van der Waals surface area contributed by atoms with Crippen molar-refractivity contribution in [2.45, 2.75) is 25.9 Å². The van der Waals surface area contributed by atoms with Crippen molar-refractivity contribution in [3.63, 3.8) is 0 Å². The molecule has 1 aromatic rings. The lowest BCUT2D eigenvalue weighted by molar-refractivity contribution is 0.101. The van der Waals surface area contributed by atoms with E-state index in [1.165, 1.54) is 12.8 Å². The van der Waals surface area contributed by atoms with E-state index in [-0.39, 0.29) is 0 Å².